The number of nitrogens with zero attached hydrogens (tertiary/aromatic N) is 1. The molecule has 1 atom stereocenters. The molecule has 0 saturated heterocycles. The van der Waals surface area contributed by atoms with Crippen molar-refractivity contribution in [3.05, 3.63) is 12.2 Å². The van der Waals surface area contributed by atoms with Crippen molar-refractivity contribution in [2.75, 3.05) is 20.3 Å². The van der Waals surface area contributed by atoms with Crippen LogP contribution in [0.15, 0.2) is 17.1 Å². The minimum absolute atomic E-state index is 0.0714. The van der Waals surface area contributed by atoms with Gasteiger partial charge in [-0.3, -0.25) is 4.99 Å². The third-order valence-electron chi connectivity index (χ3n) is 1.85. The Labute approximate surface area is 95.0 Å². The molecule has 0 fully saturated rings. The molecule has 0 rings (SSSR count). The van der Waals surface area contributed by atoms with Crippen molar-refractivity contribution < 1.29 is 14.6 Å². The monoisotopic (exact) mass is 229 g/mol. The lowest BCUT2D eigenvalue weighted by molar-refractivity contribution is -0.143. The molecule has 6 nitrogen and oxygen atoms in total. The van der Waals surface area contributed by atoms with Crippen LogP contribution in [-0.2, 0) is 9.53 Å². The second-order valence-electron chi connectivity index (χ2n) is 3.49. The summed E-state index contributed by atoms with van der Waals surface area (Å²) in [6.07, 6.45) is 3.67. The van der Waals surface area contributed by atoms with E-state index in [0.29, 0.717) is 18.8 Å². The third-order valence-corrected chi connectivity index (χ3v) is 1.85. The SMILES string of the molecule is COCC(N)(/C=C\CCN=C(C)N)C(=O)O. The number of carboxylic acids is 1. The molecule has 0 aliphatic rings. The summed E-state index contributed by atoms with van der Waals surface area (Å²) in [6.45, 7) is 2.14. The summed E-state index contributed by atoms with van der Waals surface area (Å²) in [4.78, 5) is 14.8. The first-order valence-corrected chi connectivity index (χ1v) is 4.88. The van der Waals surface area contributed by atoms with Crippen LogP contribution in [0, 0.1) is 0 Å². The van der Waals surface area contributed by atoms with E-state index in [1.54, 1.807) is 13.0 Å². The highest BCUT2D eigenvalue weighted by Crippen LogP contribution is 2.04. The number of carbonyl (C=O) groups is 1. The number of rotatable bonds is 7. The van der Waals surface area contributed by atoms with Crippen LogP contribution in [-0.4, -0.2) is 42.7 Å². The van der Waals surface area contributed by atoms with Gasteiger partial charge < -0.3 is 21.3 Å². The minimum Gasteiger partial charge on any atom is -0.480 e. The number of nitrogens with two attached hydrogens (primary N) is 2. The average molecular weight is 229 g/mol. The molecule has 1 unspecified atom stereocenters. The van der Waals surface area contributed by atoms with Gasteiger partial charge in [-0.15, -0.1) is 0 Å². The molecule has 0 heterocycles. The quantitative estimate of drug-likeness (QED) is 0.241. The highest BCUT2D eigenvalue weighted by molar-refractivity contribution is 5.81. The molecule has 0 aliphatic heterocycles. The molecular weight excluding hydrogens is 210 g/mol. The molecule has 0 aromatic heterocycles. The fourth-order valence-corrected chi connectivity index (χ4v) is 1.03. The lowest BCUT2D eigenvalue weighted by Crippen LogP contribution is -2.50. The summed E-state index contributed by atoms with van der Waals surface area (Å²) in [5.41, 5.74) is 9.49. The Kier molecular flexibility index (Phi) is 6.36. The zero-order chi connectivity index (χ0) is 12.6. The van der Waals surface area contributed by atoms with Gasteiger partial charge in [-0.25, -0.2) is 4.79 Å². The zero-order valence-corrected chi connectivity index (χ0v) is 9.64. The maximum absolute atomic E-state index is 10.9. The molecule has 6 heteroatoms. The van der Waals surface area contributed by atoms with Gasteiger partial charge in [-0.05, 0) is 13.3 Å². The summed E-state index contributed by atoms with van der Waals surface area (Å²) in [6, 6.07) is 0. The van der Waals surface area contributed by atoms with E-state index in [-0.39, 0.29) is 6.61 Å². The van der Waals surface area contributed by atoms with Gasteiger partial charge >= 0.3 is 5.97 Å². The molecule has 0 bridgehead atoms. The molecule has 16 heavy (non-hydrogen) atoms. The van der Waals surface area contributed by atoms with E-state index in [4.69, 9.17) is 21.3 Å². The van der Waals surface area contributed by atoms with Crippen molar-refractivity contribution in [1.82, 2.24) is 0 Å². The predicted octanol–water partition coefficient (Wildman–Crippen LogP) is -0.262. The van der Waals surface area contributed by atoms with Crippen LogP contribution in [0.3, 0.4) is 0 Å². The molecule has 5 N–H and O–H groups in total. The Morgan fingerprint density at radius 3 is 2.69 bits per heavy atom. The van der Waals surface area contributed by atoms with E-state index in [9.17, 15) is 4.79 Å². The van der Waals surface area contributed by atoms with Gasteiger partial charge in [0.15, 0.2) is 5.54 Å². The van der Waals surface area contributed by atoms with Gasteiger partial charge in [-0.2, -0.15) is 0 Å². The topological polar surface area (TPSA) is 111 Å². The number of carboxylic acid groups (broad SMARTS) is 1. The van der Waals surface area contributed by atoms with Gasteiger partial charge in [0.05, 0.1) is 12.4 Å². The molecule has 0 aromatic carbocycles. The Morgan fingerprint density at radius 2 is 2.25 bits per heavy atom. The number of hydrogen-bond acceptors (Lipinski definition) is 4. The van der Waals surface area contributed by atoms with Crippen LogP contribution in [0.5, 0.6) is 0 Å². The first-order valence-electron chi connectivity index (χ1n) is 4.88. The number of amidine groups is 1. The number of ether oxygens (including phenoxy) is 1. The normalized spacial score (nSPS) is 16.3. The summed E-state index contributed by atoms with van der Waals surface area (Å²) in [7, 11) is 1.40. The lowest BCUT2D eigenvalue weighted by atomic mass is 10.0. The first-order chi connectivity index (χ1) is 7.42. The van der Waals surface area contributed by atoms with E-state index >= 15 is 0 Å². The highest BCUT2D eigenvalue weighted by atomic mass is 16.5. The number of aliphatic carboxylic acids is 1. The fourth-order valence-electron chi connectivity index (χ4n) is 1.03. The molecular formula is C10H19N3O3. The number of hydrogen-bond donors (Lipinski definition) is 3. The molecule has 0 saturated carbocycles. The van der Waals surface area contributed by atoms with E-state index in [1.807, 2.05) is 0 Å². The summed E-state index contributed by atoms with van der Waals surface area (Å²) in [5, 5.41) is 8.90. The van der Waals surface area contributed by atoms with Crippen molar-refractivity contribution >= 4 is 11.8 Å². The van der Waals surface area contributed by atoms with Gasteiger partial charge in [0, 0.05) is 13.7 Å². The Hall–Kier alpha value is -1.40. The smallest absolute Gasteiger partial charge is 0.330 e. The van der Waals surface area contributed by atoms with Crippen LogP contribution in [0.1, 0.15) is 13.3 Å². The van der Waals surface area contributed by atoms with Crippen LogP contribution in [0.25, 0.3) is 0 Å². The molecule has 0 spiro atoms. The highest BCUT2D eigenvalue weighted by Gasteiger charge is 2.30. The van der Waals surface area contributed by atoms with Crippen molar-refractivity contribution in [3.63, 3.8) is 0 Å². The van der Waals surface area contributed by atoms with Crippen LogP contribution in [0.2, 0.25) is 0 Å². The second-order valence-corrected chi connectivity index (χ2v) is 3.49. The maximum Gasteiger partial charge on any atom is 0.330 e. The van der Waals surface area contributed by atoms with Gasteiger partial charge in [0.1, 0.15) is 0 Å². The standard InChI is InChI=1S/C10H19N3O3/c1-8(11)13-6-4-3-5-10(12,7-16-2)9(14)15/h3,5H,4,6-7,12H2,1-2H3,(H2,11,13)(H,14,15)/b5-3-. The second kappa shape index (κ2) is 6.97. The number of methoxy groups -OCH3 is 1. The minimum atomic E-state index is -1.48. The Bertz CT molecular complexity index is 285. The molecule has 92 valence electrons. The molecule has 0 aromatic rings. The molecule has 0 amide bonds. The van der Waals surface area contributed by atoms with Gasteiger partial charge in [0.2, 0.25) is 0 Å². The average Bonchev–Trinajstić information content (AvgIpc) is 2.17. The van der Waals surface area contributed by atoms with E-state index in [0.717, 1.165) is 0 Å². The van der Waals surface area contributed by atoms with E-state index in [2.05, 4.69) is 4.99 Å². The summed E-state index contributed by atoms with van der Waals surface area (Å²) >= 11 is 0. The fraction of sp³-hybridized carbons (Fsp3) is 0.600. The predicted molar refractivity (Wildman–Crippen MR) is 62.4 cm³/mol. The van der Waals surface area contributed by atoms with Crippen molar-refractivity contribution in [3.8, 4) is 0 Å². The Morgan fingerprint density at radius 1 is 1.62 bits per heavy atom. The summed E-state index contributed by atoms with van der Waals surface area (Å²) in [5.74, 6) is -0.619. The maximum atomic E-state index is 10.9. The summed E-state index contributed by atoms with van der Waals surface area (Å²) < 4.78 is 4.76. The van der Waals surface area contributed by atoms with Gasteiger partial charge in [-0.1, -0.05) is 12.2 Å². The first kappa shape index (κ1) is 14.6. The van der Waals surface area contributed by atoms with E-state index < -0.39 is 11.5 Å². The van der Waals surface area contributed by atoms with Crippen molar-refractivity contribution in [2.45, 2.75) is 18.9 Å². The third kappa shape index (κ3) is 5.47. The van der Waals surface area contributed by atoms with Crippen LogP contribution in [0.4, 0.5) is 0 Å². The van der Waals surface area contributed by atoms with Crippen molar-refractivity contribution in [1.29, 1.82) is 0 Å². The zero-order valence-electron chi connectivity index (χ0n) is 9.64. The van der Waals surface area contributed by atoms with Crippen LogP contribution < -0.4 is 11.5 Å². The largest absolute Gasteiger partial charge is 0.480 e. The van der Waals surface area contributed by atoms with Gasteiger partial charge in [0.25, 0.3) is 0 Å². The number of aliphatic imine (C=N–C) groups is 1. The van der Waals surface area contributed by atoms with Crippen LogP contribution >= 0.6 is 0 Å². The van der Waals surface area contributed by atoms with Crippen molar-refractivity contribution in [2.24, 2.45) is 16.5 Å². The lowest BCUT2D eigenvalue weighted by Gasteiger charge is -2.19. The molecule has 0 radical (unpaired) electrons. The van der Waals surface area contributed by atoms with E-state index in [1.165, 1.54) is 13.2 Å². The molecule has 0 aliphatic carbocycles. The Balaban J connectivity index is 4.25.